The largest absolute Gasteiger partial charge is 0.494 e. The Hall–Kier alpha value is -4.01. The predicted octanol–water partition coefficient (Wildman–Crippen LogP) is 6.09. The number of hydrogen-bond donors (Lipinski definition) is 2. The molecular weight excluding hydrogens is 419 g/mol. The number of aromatic nitrogens is 3. The fourth-order valence-electron chi connectivity index (χ4n) is 3.16. The zero-order valence-electron chi connectivity index (χ0n) is 17.3. The average Bonchev–Trinajstić information content (AvgIpc) is 3.19. The van der Waals surface area contributed by atoms with Crippen LogP contribution in [0.15, 0.2) is 73.2 Å². The van der Waals surface area contributed by atoms with Crippen LogP contribution < -0.4 is 15.4 Å². The molecule has 0 aliphatic heterocycles. The Morgan fingerprint density at radius 1 is 0.906 bits per heavy atom. The Kier molecular flexibility index (Phi) is 5.72. The van der Waals surface area contributed by atoms with Gasteiger partial charge >= 0.3 is 6.18 Å². The van der Waals surface area contributed by atoms with Gasteiger partial charge in [0.15, 0.2) is 0 Å². The molecule has 0 saturated heterocycles. The number of benzene rings is 2. The highest BCUT2D eigenvalue weighted by Crippen LogP contribution is 2.32. The van der Waals surface area contributed by atoms with E-state index >= 15 is 0 Å². The van der Waals surface area contributed by atoms with Gasteiger partial charge in [-0.15, -0.1) is 0 Å². The molecule has 0 atom stereocenters. The fourth-order valence-corrected chi connectivity index (χ4v) is 3.16. The Labute approximate surface area is 182 Å². The van der Waals surface area contributed by atoms with Crippen LogP contribution in [-0.4, -0.2) is 21.6 Å². The summed E-state index contributed by atoms with van der Waals surface area (Å²) in [7, 11) is 1.59. The van der Waals surface area contributed by atoms with Crippen LogP contribution in [0.5, 0.6) is 5.75 Å². The number of ether oxygens (including phenoxy) is 1. The highest BCUT2D eigenvalue weighted by molar-refractivity contribution is 5.65. The molecule has 0 aliphatic carbocycles. The molecule has 0 radical (unpaired) electrons. The molecule has 2 N–H and O–H groups in total. The summed E-state index contributed by atoms with van der Waals surface area (Å²) in [6, 6.07) is 15.8. The number of nitrogens with one attached hydrogen (secondary N) is 2. The predicted molar refractivity (Wildman–Crippen MR) is 117 cm³/mol. The highest BCUT2D eigenvalue weighted by atomic mass is 19.4. The van der Waals surface area contributed by atoms with Gasteiger partial charge < -0.3 is 19.9 Å². The molecule has 2 heterocycles. The number of imidazole rings is 1. The molecule has 164 valence electrons. The van der Waals surface area contributed by atoms with E-state index < -0.39 is 11.7 Å². The summed E-state index contributed by atoms with van der Waals surface area (Å²) in [5.41, 5.74) is 2.05. The standard InChI is InChI=1S/C23H20F3N5O/c1-15-13-31(14-27-15)19-10-9-18(12-20(19)32-2)29-22-8-4-7-21(30-22)28-17-6-3-5-16(11-17)23(24,25)26/h3-14H,1-2H3,(H2,28,29,30). The first-order chi connectivity index (χ1) is 15.3. The Balaban J connectivity index is 1.53. The Morgan fingerprint density at radius 2 is 1.59 bits per heavy atom. The third kappa shape index (κ3) is 4.83. The molecule has 32 heavy (non-hydrogen) atoms. The Bertz CT molecular complexity index is 1240. The maximum absolute atomic E-state index is 12.9. The monoisotopic (exact) mass is 439 g/mol. The number of methoxy groups -OCH3 is 1. The van der Waals surface area contributed by atoms with Gasteiger partial charge in [0.05, 0.1) is 30.4 Å². The van der Waals surface area contributed by atoms with E-state index in [0.29, 0.717) is 23.1 Å². The van der Waals surface area contributed by atoms with Gasteiger partial charge in [0.25, 0.3) is 0 Å². The molecule has 4 rings (SSSR count). The van der Waals surface area contributed by atoms with Gasteiger partial charge in [-0.2, -0.15) is 13.2 Å². The van der Waals surface area contributed by atoms with Crippen LogP contribution in [0, 0.1) is 6.92 Å². The molecular formula is C23H20F3N5O. The number of nitrogens with zero attached hydrogens (tertiary/aromatic N) is 3. The molecule has 2 aromatic heterocycles. The molecule has 0 unspecified atom stereocenters. The summed E-state index contributed by atoms with van der Waals surface area (Å²) in [5.74, 6) is 1.58. The van der Waals surface area contributed by atoms with Crippen LogP contribution in [0.3, 0.4) is 0 Å². The lowest BCUT2D eigenvalue weighted by Gasteiger charge is -2.13. The van der Waals surface area contributed by atoms with E-state index in [9.17, 15) is 13.2 Å². The van der Waals surface area contributed by atoms with Gasteiger partial charge in [0.1, 0.15) is 17.4 Å². The smallest absolute Gasteiger partial charge is 0.416 e. The number of hydrogen-bond acceptors (Lipinski definition) is 5. The van der Waals surface area contributed by atoms with Crippen molar-refractivity contribution in [1.29, 1.82) is 0 Å². The van der Waals surface area contributed by atoms with Crippen molar-refractivity contribution in [3.8, 4) is 11.4 Å². The lowest BCUT2D eigenvalue weighted by atomic mass is 10.2. The van der Waals surface area contributed by atoms with Crippen molar-refractivity contribution in [3.05, 3.63) is 84.4 Å². The summed E-state index contributed by atoms with van der Waals surface area (Å²) >= 11 is 0. The number of pyridine rings is 1. The van der Waals surface area contributed by atoms with E-state index in [4.69, 9.17) is 4.74 Å². The van der Waals surface area contributed by atoms with Gasteiger partial charge in [-0.1, -0.05) is 12.1 Å². The van der Waals surface area contributed by atoms with Crippen molar-refractivity contribution in [2.75, 3.05) is 17.7 Å². The van der Waals surface area contributed by atoms with Gasteiger partial charge in [-0.25, -0.2) is 9.97 Å². The number of alkyl halides is 3. The molecule has 9 heteroatoms. The van der Waals surface area contributed by atoms with E-state index in [-0.39, 0.29) is 0 Å². The van der Waals surface area contributed by atoms with Gasteiger partial charge in [-0.3, -0.25) is 0 Å². The zero-order valence-corrected chi connectivity index (χ0v) is 17.3. The Morgan fingerprint density at radius 3 is 2.22 bits per heavy atom. The van der Waals surface area contributed by atoms with Crippen molar-refractivity contribution < 1.29 is 17.9 Å². The second-order valence-electron chi connectivity index (χ2n) is 7.05. The highest BCUT2D eigenvalue weighted by Gasteiger charge is 2.30. The number of aryl methyl sites for hydroxylation is 1. The quantitative estimate of drug-likeness (QED) is 0.381. The van der Waals surface area contributed by atoms with Gasteiger partial charge in [0, 0.05) is 23.6 Å². The summed E-state index contributed by atoms with van der Waals surface area (Å²) in [4.78, 5) is 8.67. The van der Waals surface area contributed by atoms with Gasteiger partial charge in [0.2, 0.25) is 0 Å². The van der Waals surface area contributed by atoms with Crippen molar-refractivity contribution >= 4 is 23.0 Å². The maximum atomic E-state index is 12.9. The second-order valence-corrected chi connectivity index (χ2v) is 7.05. The van der Waals surface area contributed by atoms with E-state index in [1.807, 2.05) is 35.9 Å². The van der Waals surface area contributed by atoms with E-state index in [2.05, 4.69) is 20.6 Å². The minimum absolute atomic E-state index is 0.297. The first-order valence-corrected chi connectivity index (χ1v) is 9.69. The van der Waals surface area contributed by atoms with Crippen molar-refractivity contribution in [3.63, 3.8) is 0 Å². The molecule has 4 aromatic rings. The van der Waals surface area contributed by atoms with E-state index in [1.165, 1.54) is 6.07 Å². The summed E-state index contributed by atoms with van der Waals surface area (Å²) in [5, 5.41) is 6.10. The lowest BCUT2D eigenvalue weighted by molar-refractivity contribution is -0.137. The molecule has 6 nitrogen and oxygen atoms in total. The van der Waals surface area contributed by atoms with Crippen molar-refractivity contribution in [2.45, 2.75) is 13.1 Å². The number of rotatable bonds is 6. The molecule has 0 aliphatic rings. The summed E-state index contributed by atoms with van der Waals surface area (Å²) < 4.78 is 46.2. The zero-order chi connectivity index (χ0) is 22.7. The normalized spacial score (nSPS) is 11.3. The third-order valence-electron chi connectivity index (χ3n) is 4.65. The SMILES string of the molecule is COc1cc(Nc2cccc(Nc3cccc(C(F)(F)F)c3)n2)ccc1-n1cnc(C)c1. The summed E-state index contributed by atoms with van der Waals surface area (Å²) in [6.45, 7) is 1.91. The van der Waals surface area contributed by atoms with Crippen molar-refractivity contribution in [2.24, 2.45) is 0 Å². The second kappa shape index (κ2) is 8.62. The molecule has 0 saturated carbocycles. The van der Waals surface area contributed by atoms with Crippen LogP contribution in [0.4, 0.5) is 36.2 Å². The minimum atomic E-state index is -4.41. The molecule has 0 spiro atoms. The minimum Gasteiger partial charge on any atom is -0.494 e. The number of halogens is 3. The van der Waals surface area contributed by atoms with Gasteiger partial charge in [-0.05, 0) is 49.4 Å². The molecule has 0 bridgehead atoms. The molecule has 2 aromatic carbocycles. The lowest BCUT2D eigenvalue weighted by Crippen LogP contribution is -2.05. The van der Waals surface area contributed by atoms with E-state index in [1.54, 1.807) is 37.7 Å². The third-order valence-corrected chi connectivity index (χ3v) is 4.65. The topological polar surface area (TPSA) is 64.0 Å². The fraction of sp³-hybridized carbons (Fsp3) is 0.130. The van der Waals surface area contributed by atoms with Crippen LogP contribution in [0.1, 0.15) is 11.3 Å². The van der Waals surface area contributed by atoms with Crippen molar-refractivity contribution in [1.82, 2.24) is 14.5 Å². The van der Waals surface area contributed by atoms with Crippen LogP contribution in [0.2, 0.25) is 0 Å². The van der Waals surface area contributed by atoms with Crippen LogP contribution >= 0.6 is 0 Å². The van der Waals surface area contributed by atoms with Crippen LogP contribution in [-0.2, 0) is 6.18 Å². The maximum Gasteiger partial charge on any atom is 0.416 e. The number of anilines is 4. The first-order valence-electron chi connectivity index (χ1n) is 9.69. The van der Waals surface area contributed by atoms with Crippen LogP contribution in [0.25, 0.3) is 5.69 Å². The molecule has 0 amide bonds. The molecule has 0 fully saturated rings. The van der Waals surface area contributed by atoms with E-state index in [0.717, 1.165) is 29.2 Å². The average molecular weight is 439 g/mol. The first kappa shape index (κ1) is 21.2. The summed E-state index contributed by atoms with van der Waals surface area (Å²) in [6.07, 6.45) is -0.796.